The van der Waals surface area contributed by atoms with Crippen molar-refractivity contribution in [1.29, 1.82) is 0 Å². The molecule has 0 aliphatic heterocycles. The molecule has 0 amide bonds. The van der Waals surface area contributed by atoms with Gasteiger partial charge in [0.25, 0.3) is 6.29 Å². The van der Waals surface area contributed by atoms with Gasteiger partial charge in [0.1, 0.15) is 13.2 Å². The van der Waals surface area contributed by atoms with E-state index in [1.807, 2.05) is 21.1 Å². The number of esters is 2. The number of quaternary nitrogens is 1. The highest BCUT2D eigenvalue weighted by molar-refractivity contribution is 5.71. The molecule has 0 radical (unpaired) electrons. The first-order valence-electron chi connectivity index (χ1n) is 30.1. The number of allylic oxidation sites excluding steroid dienone is 12. The van der Waals surface area contributed by atoms with Gasteiger partial charge in [-0.05, 0) is 83.5 Å². The molecule has 0 heterocycles. The Bertz CT molecular complexity index is 1420. The molecule has 0 rings (SSSR count). The van der Waals surface area contributed by atoms with E-state index in [0.717, 1.165) is 83.5 Å². The summed E-state index contributed by atoms with van der Waals surface area (Å²) in [6, 6.07) is 0. The van der Waals surface area contributed by atoms with E-state index in [-0.39, 0.29) is 32.2 Å². The summed E-state index contributed by atoms with van der Waals surface area (Å²) in [6.07, 6.45) is 68.4. The molecule has 422 valence electrons. The third kappa shape index (κ3) is 56.3. The Labute approximate surface area is 449 Å². The van der Waals surface area contributed by atoms with Crippen LogP contribution >= 0.6 is 0 Å². The minimum absolute atomic E-state index is 0.185. The van der Waals surface area contributed by atoms with Crippen LogP contribution in [0.25, 0.3) is 0 Å². The monoisotopic (exact) mass is 1020 g/mol. The number of hydrogen-bond donors (Lipinski definition) is 1. The average molecular weight is 1030 g/mol. The van der Waals surface area contributed by atoms with E-state index in [9.17, 15) is 19.5 Å². The molecule has 73 heavy (non-hydrogen) atoms. The Hall–Kier alpha value is -3.27. The number of carboxylic acids is 1. The highest BCUT2D eigenvalue weighted by Gasteiger charge is 2.25. The molecular weight excluding hydrogens is 911 g/mol. The zero-order valence-electron chi connectivity index (χ0n) is 48.0. The van der Waals surface area contributed by atoms with Gasteiger partial charge in [-0.25, -0.2) is 4.79 Å². The van der Waals surface area contributed by atoms with Gasteiger partial charge in [-0.1, -0.05) is 234 Å². The van der Waals surface area contributed by atoms with Gasteiger partial charge in [-0.3, -0.25) is 9.59 Å². The van der Waals surface area contributed by atoms with Crippen molar-refractivity contribution in [3.05, 3.63) is 72.9 Å². The van der Waals surface area contributed by atoms with Crippen LogP contribution in [-0.4, -0.2) is 87.4 Å². The number of rotatable bonds is 55. The minimum Gasteiger partial charge on any atom is -0.477 e. The summed E-state index contributed by atoms with van der Waals surface area (Å²) in [4.78, 5) is 37.4. The van der Waals surface area contributed by atoms with E-state index in [4.69, 9.17) is 18.9 Å². The average Bonchev–Trinajstić information content (AvgIpc) is 3.36. The minimum atomic E-state index is -1.51. The summed E-state index contributed by atoms with van der Waals surface area (Å²) in [5, 5.41) is 9.70. The molecule has 0 bridgehead atoms. The molecule has 9 nitrogen and oxygen atoms in total. The maximum absolute atomic E-state index is 12.9. The molecule has 0 saturated heterocycles. The van der Waals surface area contributed by atoms with Gasteiger partial charge in [0.15, 0.2) is 6.10 Å². The number of hydrogen-bond acceptors (Lipinski definition) is 7. The van der Waals surface area contributed by atoms with Gasteiger partial charge in [-0.2, -0.15) is 0 Å². The second-order valence-electron chi connectivity index (χ2n) is 21.3. The van der Waals surface area contributed by atoms with E-state index >= 15 is 0 Å². The molecule has 0 aromatic carbocycles. The van der Waals surface area contributed by atoms with Crippen molar-refractivity contribution in [2.45, 2.75) is 270 Å². The number of unbranched alkanes of at least 4 members (excludes halogenated alkanes) is 28. The van der Waals surface area contributed by atoms with Crippen molar-refractivity contribution >= 4 is 17.9 Å². The molecule has 1 N–H and O–H groups in total. The Morgan fingerprint density at radius 1 is 0.425 bits per heavy atom. The van der Waals surface area contributed by atoms with Crippen molar-refractivity contribution < 1.29 is 42.9 Å². The van der Waals surface area contributed by atoms with Crippen LogP contribution in [0.5, 0.6) is 0 Å². The molecule has 0 fully saturated rings. The van der Waals surface area contributed by atoms with Crippen molar-refractivity contribution in [3.8, 4) is 0 Å². The summed E-state index contributed by atoms with van der Waals surface area (Å²) >= 11 is 0. The lowest BCUT2D eigenvalue weighted by molar-refractivity contribution is -0.870. The van der Waals surface area contributed by atoms with Crippen molar-refractivity contribution in [2.75, 3.05) is 47.5 Å². The molecule has 0 spiro atoms. The fraction of sp³-hybridized carbons (Fsp3) is 0.766. The molecule has 0 aliphatic carbocycles. The fourth-order valence-corrected chi connectivity index (χ4v) is 8.33. The largest absolute Gasteiger partial charge is 0.477 e. The third-order valence-corrected chi connectivity index (χ3v) is 12.9. The van der Waals surface area contributed by atoms with Crippen molar-refractivity contribution in [2.24, 2.45) is 0 Å². The summed E-state index contributed by atoms with van der Waals surface area (Å²) in [5.74, 6) is -2.01. The maximum Gasteiger partial charge on any atom is 0.361 e. The van der Waals surface area contributed by atoms with Crippen LogP contribution in [0.3, 0.4) is 0 Å². The molecule has 0 saturated carbocycles. The lowest BCUT2D eigenvalue weighted by Crippen LogP contribution is -2.40. The van der Waals surface area contributed by atoms with Gasteiger partial charge < -0.3 is 28.5 Å². The zero-order valence-corrected chi connectivity index (χ0v) is 48.0. The molecule has 2 atom stereocenters. The number of carbonyl (C=O) groups excluding carboxylic acids is 2. The molecule has 0 aliphatic rings. The predicted molar refractivity (Wildman–Crippen MR) is 309 cm³/mol. The second kappa shape index (κ2) is 55.0. The van der Waals surface area contributed by atoms with E-state index in [0.29, 0.717) is 17.4 Å². The van der Waals surface area contributed by atoms with Crippen molar-refractivity contribution in [3.63, 3.8) is 0 Å². The quantitative estimate of drug-likeness (QED) is 0.0211. The fourth-order valence-electron chi connectivity index (χ4n) is 8.33. The lowest BCUT2D eigenvalue weighted by atomic mass is 10.0. The van der Waals surface area contributed by atoms with E-state index in [1.165, 1.54) is 148 Å². The number of aliphatic carboxylic acids is 1. The van der Waals surface area contributed by atoms with Gasteiger partial charge >= 0.3 is 17.9 Å². The number of nitrogens with zero attached hydrogens (tertiary/aromatic N) is 1. The van der Waals surface area contributed by atoms with Crippen LogP contribution in [0.2, 0.25) is 0 Å². The smallest absolute Gasteiger partial charge is 0.361 e. The third-order valence-electron chi connectivity index (χ3n) is 12.9. The normalized spacial score (nSPS) is 13.3. The number of carbonyl (C=O) groups is 3. The highest BCUT2D eigenvalue weighted by atomic mass is 16.7. The van der Waals surface area contributed by atoms with Crippen LogP contribution in [-0.2, 0) is 33.3 Å². The molecular formula is C64H114NO8+. The summed E-state index contributed by atoms with van der Waals surface area (Å²) < 4.78 is 22.9. The second-order valence-corrected chi connectivity index (χ2v) is 21.3. The highest BCUT2D eigenvalue weighted by Crippen LogP contribution is 2.17. The first-order valence-corrected chi connectivity index (χ1v) is 30.1. The maximum atomic E-state index is 12.9. The molecule has 9 heteroatoms. The number of likely N-dealkylation sites (N-methyl/N-ethyl adjacent to an activating group) is 1. The molecule has 0 aromatic rings. The van der Waals surface area contributed by atoms with E-state index < -0.39 is 24.3 Å². The summed E-state index contributed by atoms with van der Waals surface area (Å²) in [7, 11) is 5.97. The Morgan fingerprint density at radius 3 is 1.16 bits per heavy atom. The Balaban J connectivity index is 4.14. The van der Waals surface area contributed by atoms with Crippen LogP contribution in [0.15, 0.2) is 72.9 Å². The van der Waals surface area contributed by atoms with E-state index in [2.05, 4.69) is 86.8 Å². The van der Waals surface area contributed by atoms with Crippen LogP contribution in [0.1, 0.15) is 258 Å². The molecule has 0 aromatic heterocycles. The van der Waals surface area contributed by atoms with Gasteiger partial charge in [-0.15, -0.1) is 0 Å². The number of ether oxygens (including phenoxy) is 4. The van der Waals surface area contributed by atoms with Gasteiger partial charge in [0, 0.05) is 12.8 Å². The first-order chi connectivity index (χ1) is 35.6. The standard InChI is InChI=1S/C64H113NO8/c1-6-8-10-12-14-16-18-20-22-24-25-26-27-28-29-30-31-32-33-34-35-36-37-39-41-43-45-47-49-51-53-55-62(67)73-60(59-72-64(63(68)69)70-57-56-65(3,4)5)58-71-61(66)54-52-50-48-46-44-42-40-38-23-21-19-17-15-13-11-9-7-2/h8,10,14-17,20-23,25-26,60,64H,6-7,9,11-13,18-19,24,27-59H2,1-5H3/p+1/b10-8-,16-14-,17-15-,22-20-,23-21-,26-25-. The Morgan fingerprint density at radius 2 is 0.781 bits per heavy atom. The summed E-state index contributed by atoms with van der Waals surface area (Å²) in [5.41, 5.74) is 0. The number of carboxylic acid groups (broad SMARTS) is 1. The Kier molecular flexibility index (Phi) is 52.5. The lowest BCUT2D eigenvalue weighted by Gasteiger charge is -2.25. The van der Waals surface area contributed by atoms with Crippen LogP contribution in [0, 0.1) is 0 Å². The van der Waals surface area contributed by atoms with Crippen molar-refractivity contribution in [1.82, 2.24) is 0 Å². The first kappa shape index (κ1) is 69.7. The van der Waals surface area contributed by atoms with Crippen LogP contribution < -0.4 is 0 Å². The topological polar surface area (TPSA) is 108 Å². The summed E-state index contributed by atoms with van der Waals surface area (Å²) in [6.45, 7) is 4.75. The van der Waals surface area contributed by atoms with Gasteiger partial charge in [0.2, 0.25) is 0 Å². The predicted octanol–water partition coefficient (Wildman–Crippen LogP) is 17.8. The molecule has 2 unspecified atom stereocenters. The van der Waals surface area contributed by atoms with Crippen LogP contribution in [0.4, 0.5) is 0 Å². The zero-order chi connectivity index (χ0) is 53.4. The SMILES string of the molecule is CC/C=C\C/C=C\C/C=C\C/C=C\CCCCCCCCCCCCCCCCCCCCC(=O)OC(COC(=O)CCCCCCCCC/C=C\C/C=C\CCCCC)COC(OCC[N+](C)(C)C)C(=O)O. The van der Waals surface area contributed by atoms with E-state index in [1.54, 1.807) is 0 Å². The van der Waals surface area contributed by atoms with Gasteiger partial charge in [0.05, 0.1) is 34.4 Å².